The zero-order valence-corrected chi connectivity index (χ0v) is 16.7. The van der Waals surface area contributed by atoms with Gasteiger partial charge in [-0.15, -0.1) is 0 Å². The first kappa shape index (κ1) is 18.7. The number of rotatable bonds is 3. The fraction of sp³-hybridized carbons (Fsp3) is 0.0800. The quantitative estimate of drug-likeness (QED) is 0.603. The molecular weight excluding hydrogens is 398 g/mol. The molecule has 3 aromatic carbocycles. The van der Waals surface area contributed by atoms with Crippen LogP contribution < -0.4 is 4.90 Å². The van der Waals surface area contributed by atoms with Gasteiger partial charge in [0.15, 0.2) is 5.76 Å². The van der Waals surface area contributed by atoms with Crippen LogP contribution in [0.1, 0.15) is 17.2 Å². The lowest BCUT2D eigenvalue weighted by molar-refractivity contribution is -0.132. The molecule has 148 valence electrons. The molecule has 1 N–H and O–H groups in total. The Balaban J connectivity index is 1.77. The van der Waals surface area contributed by atoms with E-state index in [-0.39, 0.29) is 0 Å². The molecule has 0 fully saturated rings. The Bertz CT molecular complexity index is 1150. The van der Waals surface area contributed by atoms with E-state index in [2.05, 4.69) is 0 Å². The van der Waals surface area contributed by atoms with Gasteiger partial charge in [-0.1, -0.05) is 72.3 Å². The number of carbonyl (C=O) groups is 1. The van der Waals surface area contributed by atoms with Gasteiger partial charge in [0.1, 0.15) is 6.10 Å². The van der Waals surface area contributed by atoms with E-state index in [4.69, 9.17) is 16.3 Å². The second kappa shape index (κ2) is 7.48. The van der Waals surface area contributed by atoms with Gasteiger partial charge in [-0.05, 0) is 35.4 Å². The Morgan fingerprint density at radius 1 is 0.867 bits per heavy atom. The molecule has 0 spiro atoms. The normalized spacial score (nSPS) is 20.7. The first-order chi connectivity index (χ1) is 14.6. The molecule has 2 atom stereocenters. The summed E-state index contributed by atoms with van der Waals surface area (Å²) in [5.41, 5.74) is 3.78. The van der Waals surface area contributed by atoms with Gasteiger partial charge in [0.05, 0.1) is 17.8 Å². The van der Waals surface area contributed by atoms with E-state index in [0.717, 1.165) is 16.8 Å². The number of nitrogens with zero attached hydrogens (tertiary/aromatic N) is 1. The topological polar surface area (TPSA) is 49.8 Å². The molecule has 2 aliphatic heterocycles. The minimum absolute atomic E-state index is 0.390. The monoisotopic (exact) mass is 415 g/mol. The largest absolute Gasteiger partial charge is 0.421 e. The number of esters is 1. The summed E-state index contributed by atoms with van der Waals surface area (Å²) < 4.78 is 5.58. The van der Waals surface area contributed by atoms with Gasteiger partial charge in [0, 0.05) is 16.3 Å². The van der Waals surface area contributed by atoms with Crippen molar-refractivity contribution in [2.24, 2.45) is 0 Å². The van der Waals surface area contributed by atoms with Gasteiger partial charge in [-0.3, -0.25) is 0 Å². The Labute approximate surface area is 179 Å². The SMILES string of the molecule is O=C1C=C2C(=C(c3ccccc3)[C@@H](O)[C@H](c3ccccc3)N2c2ccc(Cl)cc2)O1. The summed E-state index contributed by atoms with van der Waals surface area (Å²) in [4.78, 5) is 14.3. The van der Waals surface area contributed by atoms with E-state index in [1.165, 1.54) is 6.08 Å². The standard InChI is InChI=1S/C25H18ClNO3/c26-18-11-13-19(14-12-18)27-20-15-21(28)30-25(20)22(16-7-3-1-4-8-16)24(29)23(27)17-9-5-2-6-10-17/h1-15,23-24,29H/t23-,24+/m0/s1. The maximum Gasteiger partial charge on any atom is 0.338 e. The van der Waals surface area contributed by atoms with Crippen LogP contribution >= 0.6 is 11.6 Å². The summed E-state index contributed by atoms with van der Waals surface area (Å²) in [6, 6.07) is 26.2. The van der Waals surface area contributed by atoms with Crippen molar-refractivity contribution in [2.45, 2.75) is 12.1 Å². The number of fused-ring (bicyclic) bond motifs is 1. The van der Waals surface area contributed by atoms with Crippen molar-refractivity contribution < 1.29 is 14.6 Å². The third-order valence-corrected chi connectivity index (χ3v) is 5.65. The summed E-state index contributed by atoms with van der Waals surface area (Å²) in [5.74, 6) is -0.0610. The van der Waals surface area contributed by atoms with Gasteiger partial charge in [-0.25, -0.2) is 4.79 Å². The molecule has 0 unspecified atom stereocenters. The zero-order chi connectivity index (χ0) is 20.7. The fourth-order valence-electron chi connectivity index (χ4n) is 4.12. The van der Waals surface area contributed by atoms with Crippen molar-refractivity contribution in [2.75, 3.05) is 4.90 Å². The van der Waals surface area contributed by atoms with Crippen molar-refractivity contribution in [3.63, 3.8) is 0 Å². The number of carbonyl (C=O) groups excluding carboxylic acids is 1. The average Bonchev–Trinajstić information content (AvgIpc) is 3.15. The fourth-order valence-corrected chi connectivity index (χ4v) is 4.24. The minimum atomic E-state index is -0.927. The predicted octanol–water partition coefficient (Wildman–Crippen LogP) is 5.11. The predicted molar refractivity (Wildman–Crippen MR) is 117 cm³/mol. The molecule has 30 heavy (non-hydrogen) atoms. The van der Waals surface area contributed by atoms with E-state index >= 15 is 0 Å². The molecular formula is C25H18ClNO3. The van der Waals surface area contributed by atoms with Crippen molar-refractivity contribution in [3.8, 4) is 0 Å². The molecule has 0 aromatic heterocycles. The van der Waals surface area contributed by atoms with Crippen LogP contribution in [-0.2, 0) is 9.53 Å². The highest BCUT2D eigenvalue weighted by Gasteiger charge is 2.44. The second-order valence-electron chi connectivity index (χ2n) is 7.21. The van der Waals surface area contributed by atoms with E-state index < -0.39 is 18.1 Å². The van der Waals surface area contributed by atoms with Crippen LogP contribution in [-0.4, -0.2) is 17.2 Å². The summed E-state index contributed by atoms with van der Waals surface area (Å²) in [5, 5.41) is 12.2. The zero-order valence-electron chi connectivity index (χ0n) is 15.9. The number of aliphatic hydroxyl groups is 1. The number of halogens is 1. The molecule has 2 aliphatic rings. The molecule has 0 saturated carbocycles. The number of hydrogen-bond donors (Lipinski definition) is 1. The first-order valence-electron chi connectivity index (χ1n) is 9.65. The van der Waals surface area contributed by atoms with Gasteiger partial charge < -0.3 is 14.7 Å². The molecule has 0 aliphatic carbocycles. The van der Waals surface area contributed by atoms with Crippen LogP contribution in [0.2, 0.25) is 5.02 Å². The van der Waals surface area contributed by atoms with Crippen molar-refractivity contribution in [3.05, 3.63) is 119 Å². The molecule has 5 heteroatoms. The Hall–Kier alpha value is -3.34. The first-order valence-corrected chi connectivity index (χ1v) is 10.0. The number of hydrogen-bond acceptors (Lipinski definition) is 4. The maximum absolute atomic E-state index is 12.3. The van der Waals surface area contributed by atoms with E-state index in [0.29, 0.717) is 22.1 Å². The molecule has 4 nitrogen and oxygen atoms in total. The van der Waals surface area contributed by atoms with Gasteiger partial charge in [0.2, 0.25) is 0 Å². The third kappa shape index (κ3) is 3.11. The maximum atomic E-state index is 12.3. The molecule has 0 radical (unpaired) electrons. The lowest BCUT2D eigenvalue weighted by Gasteiger charge is -2.42. The van der Waals surface area contributed by atoms with Crippen LogP contribution in [0.15, 0.2) is 102 Å². The highest BCUT2D eigenvalue weighted by molar-refractivity contribution is 6.30. The van der Waals surface area contributed by atoms with Crippen LogP contribution in [0.3, 0.4) is 0 Å². The number of benzene rings is 3. The van der Waals surface area contributed by atoms with Crippen LogP contribution in [0, 0.1) is 0 Å². The molecule has 0 amide bonds. The van der Waals surface area contributed by atoms with Crippen molar-refractivity contribution in [1.29, 1.82) is 0 Å². The van der Waals surface area contributed by atoms with Gasteiger partial charge in [0.25, 0.3) is 0 Å². The number of ether oxygens (including phenoxy) is 1. The lowest BCUT2D eigenvalue weighted by atomic mass is 9.85. The number of aliphatic hydroxyl groups excluding tert-OH is 1. The summed E-state index contributed by atoms with van der Waals surface area (Å²) in [7, 11) is 0. The summed E-state index contributed by atoms with van der Waals surface area (Å²) >= 11 is 6.10. The van der Waals surface area contributed by atoms with E-state index in [9.17, 15) is 9.90 Å². The summed E-state index contributed by atoms with van der Waals surface area (Å²) in [6.07, 6.45) is 0.554. The smallest absolute Gasteiger partial charge is 0.338 e. The van der Waals surface area contributed by atoms with Crippen molar-refractivity contribution >= 4 is 28.8 Å². The molecule has 0 bridgehead atoms. The third-order valence-electron chi connectivity index (χ3n) is 5.40. The number of anilines is 1. The Morgan fingerprint density at radius 2 is 1.50 bits per heavy atom. The van der Waals surface area contributed by atoms with Gasteiger partial charge >= 0.3 is 5.97 Å². The van der Waals surface area contributed by atoms with Crippen LogP contribution in [0.25, 0.3) is 5.57 Å². The van der Waals surface area contributed by atoms with E-state index in [1.807, 2.05) is 77.7 Å². The second-order valence-corrected chi connectivity index (χ2v) is 7.64. The highest BCUT2D eigenvalue weighted by Crippen LogP contribution is 2.48. The van der Waals surface area contributed by atoms with Crippen LogP contribution in [0.4, 0.5) is 5.69 Å². The average molecular weight is 416 g/mol. The van der Waals surface area contributed by atoms with E-state index in [1.54, 1.807) is 12.1 Å². The molecule has 5 rings (SSSR count). The van der Waals surface area contributed by atoms with Gasteiger partial charge in [-0.2, -0.15) is 0 Å². The highest BCUT2D eigenvalue weighted by atomic mass is 35.5. The Morgan fingerprint density at radius 3 is 2.17 bits per heavy atom. The van der Waals surface area contributed by atoms with Crippen molar-refractivity contribution in [1.82, 2.24) is 0 Å². The van der Waals surface area contributed by atoms with Crippen LogP contribution in [0.5, 0.6) is 0 Å². The molecule has 2 heterocycles. The molecule has 3 aromatic rings. The lowest BCUT2D eigenvalue weighted by Crippen LogP contribution is -2.41. The Kier molecular flexibility index (Phi) is 4.66. The molecule has 0 saturated heterocycles. The minimum Gasteiger partial charge on any atom is -0.421 e. The summed E-state index contributed by atoms with van der Waals surface area (Å²) in [6.45, 7) is 0.